The minimum atomic E-state index is 0.146. The van der Waals surface area contributed by atoms with Crippen molar-refractivity contribution in [2.45, 2.75) is 20.3 Å². The Balaban J connectivity index is 2.20. The fourth-order valence-electron chi connectivity index (χ4n) is 2.58. The molecular weight excluding hydrogens is 264 g/mol. The quantitative estimate of drug-likeness (QED) is 0.617. The molecule has 0 saturated heterocycles. The third kappa shape index (κ3) is 2.06. The van der Waals surface area contributed by atoms with Gasteiger partial charge in [-0.05, 0) is 46.7 Å². The van der Waals surface area contributed by atoms with Gasteiger partial charge >= 0.3 is 0 Å². The van der Waals surface area contributed by atoms with Crippen LogP contribution >= 0.6 is 11.3 Å². The molecule has 2 heteroatoms. The van der Waals surface area contributed by atoms with E-state index in [0.29, 0.717) is 0 Å². The number of ketones is 1. The second kappa shape index (κ2) is 5.22. The van der Waals surface area contributed by atoms with E-state index in [1.54, 1.807) is 11.3 Å². The van der Waals surface area contributed by atoms with Crippen molar-refractivity contribution >= 4 is 27.9 Å². The van der Waals surface area contributed by atoms with Gasteiger partial charge in [-0.2, -0.15) is 0 Å². The molecule has 2 aromatic carbocycles. The van der Waals surface area contributed by atoms with E-state index in [-0.39, 0.29) is 5.78 Å². The van der Waals surface area contributed by atoms with Crippen molar-refractivity contribution in [1.82, 2.24) is 0 Å². The first-order chi connectivity index (χ1) is 9.72. The van der Waals surface area contributed by atoms with Crippen molar-refractivity contribution in [2.24, 2.45) is 0 Å². The normalized spacial score (nSPS) is 10.9. The van der Waals surface area contributed by atoms with Crippen molar-refractivity contribution in [3.8, 4) is 0 Å². The van der Waals surface area contributed by atoms with Crippen LogP contribution in [0.3, 0.4) is 0 Å². The molecule has 3 aromatic rings. The molecule has 0 saturated carbocycles. The van der Waals surface area contributed by atoms with E-state index in [4.69, 9.17) is 0 Å². The Bertz CT molecular complexity index is 783. The molecule has 0 amide bonds. The lowest BCUT2D eigenvalue weighted by Crippen LogP contribution is -2.03. The lowest BCUT2D eigenvalue weighted by atomic mass is 9.96. The van der Waals surface area contributed by atoms with Crippen LogP contribution in [0, 0.1) is 6.92 Å². The molecule has 0 spiro atoms. The Kier molecular flexibility index (Phi) is 3.41. The first-order valence-corrected chi connectivity index (χ1v) is 7.69. The maximum Gasteiger partial charge on any atom is 0.203 e. The zero-order valence-corrected chi connectivity index (χ0v) is 12.5. The predicted octanol–water partition coefficient (Wildman–Crippen LogP) is 5.00. The molecule has 1 aromatic heterocycles. The van der Waals surface area contributed by atoms with Crippen molar-refractivity contribution in [3.05, 3.63) is 69.4 Å². The zero-order valence-electron chi connectivity index (χ0n) is 11.6. The standard InChI is InChI=1S/C18H16OS/c1-3-13-10-11-20-18(13)17(19)16-9-8-12(2)14-6-4-5-7-15(14)16/h4-11H,3H2,1-2H3. The summed E-state index contributed by atoms with van der Waals surface area (Å²) in [5, 5.41) is 4.21. The third-order valence-corrected chi connectivity index (χ3v) is 4.68. The molecule has 0 bridgehead atoms. The van der Waals surface area contributed by atoms with Gasteiger partial charge in [0.1, 0.15) is 0 Å². The largest absolute Gasteiger partial charge is 0.288 e. The fraction of sp³-hybridized carbons (Fsp3) is 0.167. The molecule has 0 aliphatic carbocycles. The SMILES string of the molecule is CCc1ccsc1C(=O)c1ccc(C)c2ccccc12. The van der Waals surface area contributed by atoms with Gasteiger partial charge in [0.2, 0.25) is 5.78 Å². The number of fused-ring (bicyclic) bond motifs is 1. The topological polar surface area (TPSA) is 17.1 Å². The molecule has 0 aliphatic heterocycles. The molecule has 1 nitrogen and oxygen atoms in total. The number of benzene rings is 2. The summed E-state index contributed by atoms with van der Waals surface area (Å²) in [6.45, 7) is 4.17. The van der Waals surface area contributed by atoms with Crippen LogP contribution in [0.1, 0.15) is 33.3 Å². The van der Waals surface area contributed by atoms with Gasteiger partial charge in [-0.3, -0.25) is 4.79 Å². The molecule has 0 aliphatic rings. The van der Waals surface area contributed by atoms with Crippen LogP contribution in [-0.2, 0) is 6.42 Å². The molecule has 20 heavy (non-hydrogen) atoms. The average molecular weight is 280 g/mol. The predicted molar refractivity (Wildman–Crippen MR) is 85.8 cm³/mol. The van der Waals surface area contributed by atoms with Gasteiger partial charge < -0.3 is 0 Å². The van der Waals surface area contributed by atoms with E-state index in [2.05, 4.69) is 19.9 Å². The third-order valence-electron chi connectivity index (χ3n) is 3.72. The number of carbonyl (C=O) groups excluding carboxylic acids is 1. The molecule has 1 heterocycles. The van der Waals surface area contributed by atoms with Gasteiger partial charge in [-0.25, -0.2) is 0 Å². The van der Waals surface area contributed by atoms with E-state index in [0.717, 1.165) is 33.2 Å². The Morgan fingerprint density at radius 1 is 1.05 bits per heavy atom. The number of carbonyl (C=O) groups is 1. The smallest absolute Gasteiger partial charge is 0.203 e. The van der Waals surface area contributed by atoms with Crippen LogP contribution in [0.2, 0.25) is 0 Å². The maximum absolute atomic E-state index is 12.8. The summed E-state index contributed by atoms with van der Waals surface area (Å²) in [5.74, 6) is 0.146. The summed E-state index contributed by atoms with van der Waals surface area (Å²) >= 11 is 1.54. The van der Waals surface area contributed by atoms with E-state index in [1.807, 2.05) is 41.8 Å². The van der Waals surface area contributed by atoms with Crippen LogP contribution in [0.5, 0.6) is 0 Å². The monoisotopic (exact) mass is 280 g/mol. The highest BCUT2D eigenvalue weighted by molar-refractivity contribution is 7.12. The summed E-state index contributed by atoms with van der Waals surface area (Å²) in [7, 11) is 0. The zero-order chi connectivity index (χ0) is 14.1. The molecule has 0 N–H and O–H groups in total. The number of hydrogen-bond donors (Lipinski definition) is 0. The molecule has 0 unspecified atom stereocenters. The van der Waals surface area contributed by atoms with Crippen LogP contribution in [0.15, 0.2) is 47.8 Å². The van der Waals surface area contributed by atoms with Crippen molar-refractivity contribution < 1.29 is 4.79 Å². The van der Waals surface area contributed by atoms with Gasteiger partial charge in [0.15, 0.2) is 0 Å². The van der Waals surface area contributed by atoms with Crippen molar-refractivity contribution in [2.75, 3.05) is 0 Å². The Hall–Kier alpha value is -1.93. The average Bonchev–Trinajstić information content (AvgIpc) is 2.96. The first kappa shape index (κ1) is 13.1. The molecule has 0 fully saturated rings. The summed E-state index contributed by atoms with van der Waals surface area (Å²) in [5.41, 5.74) is 3.16. The Labute approximate surface area is 122 Å². The summed E-state index contributed by atoms with van der Waals surface area (Å²) < 4.78 is 0. The first-order valence-electron chi connectivity index (χ1n) is 6.81. The van der Waals surface area contributed by atoms with Gasteiger partial charge in [-0.1, -0.05) is 43.3 Å². The van der Waals surface area contributed by atoms with Crippen LogP contribution in [0.4, 0.5) is 0 Å². The van der Waals surface area contributed by atoms with E-state index in [9.17, 15) is 4.79 Å². The second-order valence-corrected chi connectivity index (χ2v) is 5.85. The summed E-state index contributed by atoms with van der Waals surface area (Å²) in [6, 6.07) is 14.2. The second-order valence-electron chi connectivity index (χ2n) is 4.93. The molecule has 0 atom stereocenters. The lowest BCUT2D eigenvalue weighted by Gasteiger charge is -2.08. The van der Waals surface area contributed by atoms with Crippen molar-refractivity contribution in [3.63, 3.8) is 0 Å². The van der Waals surface area contributed by atoms with E-state index >= 15 is 0 Å². The van der Waals surface area contributed by atoms with Gasteiger partial charge in [0.05, 0.1) is 4.88 Å². The van der Waals surface area contributed by atoms with Crippen LogP contribution < -0.4 is 0 Å². The Morgan fingerprint density at radius 2 is 1.80 bits per heavy atom. The van der Waals surface area contributed by atoms with Crippen LogP contribution in [-0.4, -0.2) is 5.78 Å². The van der Waals surface area contributed by atoms with Crippen LogP contribution in [0.25, 0.3) is 10.8 Å². The highest BCUT2D eigenvalue weighted by atomic mass is 32.1. The fourth-order valence-corrected chi connectivity index (χ4v) is 3.53. The number of aryl methyl sites for hydroxylation is 2. The minimum Gasteiger partial charge on any atom is -0.288 e. The molecular formula is C18H16OS. The summed E-state index contributed by atoms with van der Waals surface area (Å²) in [4.78, 5) is 13.7. The highest BCUT2D eigenvalue weighted by Crippen LogP contribution is 2.27. The van der Waals surface area contributed by atoms with E-state index in [1.165, 1.54) is 5.56 Å². The minimum absolute atomic E-state index is 0.146. The lowest BCUT2D eigenvalue weighted by molar-refractivity contribution is 0.104. The molecule has 0 radical (unpaired) electrons. The maximum atomic E-state index is 12.8. The number of thiophene rings is 1. The number of hydrogen-bond acceptors (Lipinski definition) is 2. The van der Waals surface area contributed by atoms with E-state index < -0.39 is 0 Å². The van der Waals surface area contributed by atoms with Gasteiger partial charge in [0, 0.05) is 5.56 Å². The van der Waals surface area contributed by atoms with Gasteiger partial charge in [0.25, 0.3) is 0 Å². The molecule has 100 valence electrons. The van der Waals surface area contributed by atoms with Gasteiger partial charge in [-0.15, -0.1) is 11.3 Å². The highest BCUT2D eigenvalue weighted by Gasteiger charge is 2.17. The molecule has 3 rings (SSSR count). The summed E-state index contributed by atoms with van der Waals surface area (Å²) in [6.07, 6.45) is 0.897. The number of rotatable bonds is 3. The Morgan fingerprint density at radius 3 is 2.55 bits per heavy atom. The van der Waals surface area contributed by atoms with Crippen molar-refractivity contribution in [1.29, 1.82) is 0 Å².